The highest BCUT2D eigenvalue weighted by Gasteiger charge is 2.53. The van der Waals surface area contributed by atoms with Gasteiger partial charge in [-0.15, -0.1) is 0 Å². The Balaban J connectivity index is 1.68. The Kier molecular flexibility index (Phi) is 1.95. The highest BCUT2D eigenvalue weighted by Crippen LogP contribution is 2.65. The van der Waals surface area contributed by atoms with Crippen molar-refractivity contribution in [1.29, 1.82) is 0 Å². The topological polar surface area (TPSA) is 0 Å². The Morgan fingerprint density at radius 3 is 2.36 bits per heavy atom. The van der Waals surface area contributed by atoms with E-state index < -0.39 is 0 Å². The first-order chi connectivity index (χ1) is 5.37. The van der Waals surface area contributed by atoms with Gasteiger partial charge in [0.15, 0.2) is 0 Å². The average Bonchev–Trinajstić information content (AvgIpc) is 2.84. The van der Waals surface area contributed by atoms with Gasteiger partial charge >= 0.3 is 0 Å². The lowest BCUT2D eigenvalue weighted by atomic mass is 9.93. The van der Waals surface area contributed by atoms with Crippen LogP contribution >= 0.6 is 0 Å². The molecule has 0 amide bonds. The van der Waals surface area contributed by atoms with E-state index in [4.69, 9.17) is 0 Å². The molecule has 2 saturated carbocycles. The van der Waals surface area contributed by atoms with Crippen LogP contribution in [0.15, 0.2) is 0 Å². The summed E-state index contributed by atoms with van der Waals surface area (Å²) in [6.45, 7) is 2.30. The molecule has 2 fully saturated rings. The van der Waals surface area contributed by atoms with Gasteiger partial charge in [-0.3, -0.25) is 0 Å². The molecule has 0 N–H and O–H groups in total. The van der Waals surface area contributed by atoms with Crippen molar-refractivity contribution >= 4 is 0 Å². The Morgan fingerprint density at radius 2 is 1.91 bits per heavy atom. The molecule has 0 heterocycles. The molecule has 11 heavy (non-hydrogen) atoms. The number of hydrogen-bond acceptors (Lipinski definition) is 0. The molecule has 2 aliphatic rings. The molecule has 1 radical (unpaired) electrons. The van der Waals surface area contributed by atoms with Crippen LogP contribution in [0.25, 0.3) is 0 Å². The molecule has 0 nitrogen and oxygen atoms in total. The first kappa shape index (κ1) is 7.64. The lowest BCUT2D eigenvalue weighted by Crippen LogP contribution is -2.00. The molecule has 0 unspecified atom stereocenters. The van der Waals surface area contributed by atoms with Gasteiger partial charge in [0.2, 0.25) is 0 Å². The third-order valence-corrected chi connectivity index (χ3v) is 3.36. The second-order valence-electron chi connectivity index (χ2n) is 4.34. The first-order valence-electron chi connectivity index (χ1n) is 5.22. The van der Waals surface area contributed by atoms with Crippen molar-refractivity contribution in [1.82, 2.24) is 0 Å². The van der Waals surface area contributed by atoms with Crippen LogP contribution in [0.3, 0.4) is 0 Å². The minimum absolute atomic E-state index is 0.829. The van der Waals surface area contributed by atoms with Crippen LogP contribution in [0.1, 0.15) is 58.3 Å². The van der Waals surface area contributed by atoms with Crippen LogP contribution in [0.4, 0.5) is 0 Å². The van der Waals surface area contributed by atoms with E-state index in [2.05, 4.69) is 6.92 Å². The molecule has 0 atom stereocenters. The van der Waals surface area contributed by atoms with Crippen LogP contribution in [0.5, 0.6) is 0 Å². The zero-order chi connectivity index (χ0) is 7.73. The van der Waals surface area contributed by atoms with E-state index in [-0.39, 0.29) is 0 Å². The second-order valence-corrected chi connectivity index (χ2v) is 4.34. The van der Waals surface area contributed by atoms with E-state index in [1.165, 1.54) is 51.4 Å². The van der Waals surface area contributed by atoms with Crippen LogP contribution in [-0.2, 0) is 0 Å². The van der Waals surface area contributed by atoms with E-state index in [0.29, 0.717) is 0 Å². The third-order valence-electron chi connectivity index (χ3n) is 3.36. The zero-order valence-corrected chi connectivity index (χ0v) is 7.66. The fourth-order valence-corrected chi connectivity index (χ4v) is 2.24. The minimum atomic E-state index is 0.829. The highest BCUT2D eigenvalue weighted by molar-refractivity contribution is 5.23. The Bertz CT molecular complexity index is 129. The third kappa shape index (κ3) is 1.60. The van der Waals surface area contributed by atoms with E-state index in [1.54, 1.807) is 0 Å². The van der Waals surface area contributed by atoms with Crippen molar-refractivity contribution in [3.8, 4) is 0 Å². The van der Waals surface area contributed by atoms with Gasteiger partial charge in [-0.25, -0.2) is 0 Å². The van der Waals surface area contributed by atoms with Crippen molar-refractivity contribution in [3.63, 3.8) is 0 Å². The maximum Gasteiger partial charge on any atom is -0.0179 e. The van der Waals surface area contributed by atoms with E-state index in [9.17, 15) is 0 Å². The predicted molar refractivity (Wildman–Crippen MR) is 48.3 cm³/mol. The quantitative estimate of drug-likeness (QED) is 0.525. The van der Waals surface area contributed by atoms with Crippen molar-refractivity contribution in [2.24, 2.45) is 5.41 Å². The van der Waals surface area contributed by atoms with Crippen LogP contribution < -0.4 is 0 Å². The number of hydrogen-bond donors (Lipinski definition) is 0. The van der Waals surface area contributed by atoms with E-state index in [1.807, 2.05) is 5.92 Å². The molecule has 2 rings (SSSR count). The summed E-state index contributed by atoms with van der Waals surface area (Å²) in [4.78, 5) is 0. The first-order valence-corrected chi connectivity index (χ1v) is 5.22. The predicted octanol–water partition coefficient (Wildman–Crippen LogP) is 3.72. The van der Waals surface area contributed by atoms with Gasteiger partial charge in [0.25, 0.3) is 0 Å². The Morgan fingerprint density at radius 1 is 1.18 bits per heavy atom. The number of unbranched alkanes of at least 4 members (excludes halogenated alkanes) is 2. The van der Waals surface area contributed by atoms with Crippen molar-refractivity contribution in [2.45, 2.75) is 58.3 Å². The number of rotatable bonds is 5. The summed E-state index contributed by atoms with van der Waals surface area (Å²) in [5.41, 5.74) is 0.829. The summed E-state index contributed by atoms with van der Waals surface area (Å²) in [5.74, 6) is 1.92. The molecule has 0 spiro atoms. The lowest BCUT2D eigenvalue weighted by Gasteiger charge is -2.11. The van der Waals surface area contributed by atoms with Gasteiger partial charge in [0.1, 0.15) is 0 Å². The van der Waals surface area contributed by atoms with Crippen LogP contribution in [0, 0.1) is 11.3 Å². The van der Waals surface area contributed by atoms with Gasteiger partial charge in [0, 0.05) is 0 Å². The summed E-state index contributed by atoms with van der Waals surface area (Å²) >= 11 is 0. The van der Waals surface area contributed by atoms with E-state index in [0.717, 1.165) is 5.41 Å². The van der Waals surface area contributed by atoms with Crippen molar-refractivity contribution in [3.05, 3.63) is 5.92 Å². The Hall–Kier alpha value is 0. The monoisotopic (exact) mass is 151 g/mol. The molecule has 2 aliphatic carbocycles. The fraction of sp³-hybridized carbons (Fsp3) is 0.909. The van der Waals surface area contributed by atoms with Gasteiger partial charge in [0.05, 0.1) is 0 Å². The summed E-state index contributed by atoms with van der Waals surface area (Å²) in [6.07, 6.45) is 11.9. The van der Waals surface area contributed by atoms with Crippen LogP contribution in [-0.4, -0.2) is 0 Å². The molecule has 0 aromatic rings. The summed E-state index contributed by atoms with van der Waals surface area (Å²) in [6, 6.07) is 0. The van der Waals surface area contributed by atoms with Gasteiger partial charge in [-0.05, 0) is 43.4 Å². The maximum absolute atomic E-state index is 2.30. The van der Waals surface area contributed by atoms with Gasteiger partial charge in [-0.2, -0.15) is 0 Å². The highest BCUT2D eigenvalue weighted by atomic mass is 14.6. The average molecular weight is 151 g/mol. The normalized spacial score (nSPS) is 27.0. The molecular weight excluding hydrogens is 132 g/mol. The molecule has 0 aromatic carbocycles. The van der Waals surface area contributed by atoms with Crippen molar-refractivity contribution in [2.75, 3.05) is 0 Å². The Labute approximate surface area is 70.4 Å². The second kappa shape index (κ2) is 2.80. The summed E-state index contributed by atoms with van der Waals surface area (Å²) in [5, 5.41) is 0. The molecule has 0 heteroatoms. The van der Waals surface area contributed by atoms with E-state index >= 15 is 0 Å². The molecular formula is C11H19. The maximum atomic E-state index is 2.30. The summed E-state index contributed by atoms with van der Waals surface area (Å²) in [7, 11) is 0. The van der Waals surface area contributed by atoms with Crippen LogP contribution in [0.2, 0.25) is 0 Å². The SMILES string of the molecule is CCCCCC1([C]2CC2)CC1. The fourth-order valence-electron chi connectivity index (χ4n) is 2.24. The largest absolute Gasteiger partial charge is 0.0654 e. The smallest absolute Gasteiger partial charge is 0.0179 e. The zero-order valence-electron chi connectivity index (χ0n) is 7.66. The van der Waals surface area contributed by atoms with Gasteiger partial charge in [-0.1, -0.05) is 26.2 Å². The van der Waals surface area contributed by atoms with Crippen molar-refractivity contribution < 1.29 is 0 Å². The molecule has 0 bridgehead atoms. The van der Waals surface area contributed by atoms with Gasteiger partial charge < -0.3 is 0 Å². The molecule has 0 aromatic heterocycles. The lowest BCUT2D eigenvalue weighted by molar-refractivity contribution is 0.486. The molecule has 0 aliphatic heterocycles. The molecule has 0 saturated heterocycles. The summed E-state index contributed by atoms with van der Waals surface area (Å²) < 4.78 is 0. The standard InChI is InChI=1S/C11H19/c1-2-3-4-7-11(8-9-11)10-5-6-10/h2-9H2,1H3. The minimum Gasteiger partial charge on any atom is -0.0654 e. The molecule has 63 valence electrons.